The van der Waals surface area contributed by atoms with Crippen molar-refractivity contribution >= 4 is 35.8 Å². The Balaban J connectivity index is 2.07. The molecule has 0 fully saturated rings. The van der Waals surface area contributed by atoms with Crippen molar-refractivity contribution in [2.24, 2.45) is 0 Å². The number of carbonyl (C=O) groups excluding carboxylic acids is 1. The largest absolute Gasteiger partial charge is 0.475 e. The van der Waals surface area contributed by atoms with Crippen LogP contribution in [-0.2, 0) is 11.2 Å². The second-order valence-corrected chi connectivity index (χ2v) is 5.96. The minimum absolute atomic E-state index is 0.201. The lowest BCUT2D eigenvalue weighted by atomic mass is 9.76. The van der Waals surface area contributed by atoms with Crippen LogP contribution in [-0.4, -0.2) is 40.5 Å². The first-order valence-corrected chi connectivity index (χ1v) is 7.95. The topological polar surface area (TPSA) is 82.7 Å². The first kappa shape index (κ1) is 15.9. The van der Waals surface area contributed by atoms with E-state index in [2.05, 4.69) is 5.32 Å². The van der Waals surface area contributed by atoms with Crippen molar-refractivity contribution in [2.45, 2.75) is 19.3 Å². The summed E-state index contributed by atoms with van der Waals surface area (Å²) < 4.78 is 5.42. The van der Waals surface area contributed by atoms with Gasteiger partial charge in [0.05, 0.1) is 18.0 Å². The molecule has 7 heteroatoms. The van der Waals surface area contributed by atoms with Crippen molar-refractivity contribution in [3.63, 3.8) is 0 Å². The molecule has 0 radical (unpaired) electrons. The zero-order valence-corrected chi connectivity index (χ0v) is 12.6. The lowest BCUT2D eigenvalue weighted by Crippen LogP contribution is -2.48. The highest BCUT2D eigenvalue weighted by Gasteiger charge is 2.26. The quantitative estimate of drug-likeness (QED) is 0.670. The van der Waals surface area contributed by atoms with Crippen LogP contribution >= 0.6 is 11.8 Å². The highest BCUT2D eigenvalue weighted by Crippen LogP contribution is 2.22. The van der Waals surface area contributed by atoms with Gasteiger partial charge in [-0.25, -0.2) is 0 Å². The molecule has 5 nitrogen and oxygen atoms in total. The summed E-state index contributed by atoms with van der Waals surface area (Å²) in [5, 5.41) is 22.5. The molecule has 0 aliphatic carbocycles. The molecule has 1 heterocycles. The number of hydrogen-bond donors (Lipinski definition) is 3. The van der Waals surface area contributed by atoms with Gasteiger partial charge in [-0.05, 0) is 23.8 Å². The molecular weight excluding hydrogens is 289 g/mol. The Morgan fingerprint density at radius 3 is 2.90 bits per heavy atom. The van der Waals surface area contributed by atoms with Crippen molar-refractivity contribution in [1.29, 1.82) is 0 Å². The van der Waals surface area contributed by atoms with Gasteiger partial charge in [-0.15, -0.1) is 0 Å². The fraction of sp³-hybridized carbons (Fsp3) is 0.357. The van der Waals surface area contributed by atoms with Gasteiger partial charge in [0.25, 0.3) is 0 Å². The molecule has 0 saturated heterocycles. The SMILES string of the molecule is CCSCC(=O)NC(Cc1coc2ccccc12)B(O)O. The number of furan rings is 1. The predicted molar refractivity (Wildman–Crippen MR) is 85.0 cm³/mol. The summed E-state index contributed by atoms with van der Waals surface area (Å²) in [4.78, 5) is 11.7. The van der Waals surface area contributed by atoms with E-state index >= 15 is 0 Å². The smallest absolute Gasteiger partial charge is 0.464 e. The van der Waals surface area contributed by atoms with Crippen LogP contribution in [0.15, 0.2) is 34.9 Å². The lowest BCUT2D eigenvalue weighted by molar-refractivity contribution is -0.118. The third kappa shape index (κ3) is 4.26. The van der Waals surface area contributed by atoms with E-state index in [0.29, 0.717) is 12.2 Å². The zero-order chi connectivity index (χ0) is 15.2. The summed E-state index contributed by atoms with van der Waals surface area (Å²) in [6.07, 6.45) is 1.89. The number of carbonyl (C=O) groups is 1. The van der Waals surface area contributed by atoms with Crippen LogP contribution in [0.1, 0.15) is 12.5 Å². The molecular formula is C14H18BNO4S. The molecule has 1 amide bonds. The molecule has 0 aliphatic rings. The fourth-order valence-corrected chi connectivity index (χ4v) is 2.57. The summed E-state index contributed by atoms with van der Waals surface area (Å²) in [6, 6.07) is 7.52. The minimum Gasteiger partial charge on any atom is -0.464 e. The Morgan fingerprint density at radius 1 is 1.43 bits per heavy atom. The molecule has 3 N–H and O–H groups in total. The van der Waals surface area contributed by atoms with Crippen molar-refractivity contribution < 1.29 is 19.3 Å². The lowest BCUT2D eigenvalue weighted by Gasteiger charge is -2.17. The summed E-state index contributed by atoms with van der Waals surface area (Å²) in [7, 11) is -1.62. The van der Waals surface area contributed by atoms with E-state index in [9.17, 15) is 14.8 Å². The molecule has 1 aromatic carbocycles. The van der Waals surface area contributed by atoms with E-state index in [4.69, 9.17) is 4.42 Å². The summed E-state index contributed by atoms with van der Waals surface area (Å²) in [5.74, 6) is 0.196. The maximum atomic E-state index is 11.7. The van der Waals surface area contributed by atoms with E-state index in [0.717, 1.165) is 22.3 Å². The van der Waals surface area contributed by atoms with E-state index in [-0.39, 0.29) is 5.91 Å². The second-order valence-electron chi connectivity index (χ2n) is 4.69. The molecule has 1 aromatic heterocycles. The number of para-hydroxylation sites is 1. The highest BCUT2D eigenvalue weighted by atomic mass is 32.2. The fourth-order valence-electron chi connectivity index (χ4n) is 2.10. The predicted octanol–water partition coefficient (Wildman–Crippen LogP) is 1.23. The molecule has 0 spiro atoms. The zero-order valence-electron chi connectivity index (χ0n) is 11.8. The summed E-state index contributed by atoms with van der Waals surface area (Å²) in [6.45, 7) is 1.97. The van der Waals surface area contributed by atoms with Gasteiger partial charge in [-0.3, -0.25) is 4.79 Å². The first-order valence-electron chi connectivity index (χ1n) is 6.80. The van der Waals surface area contributed by atoms with Gasteiger partial charge in [0.15, 0.2) is 0 Å². The molecule has 1 unspecified atom stereocenters. The Kier molecular flexibility index (Phi) is 5.72. The molecule has 1 atom stereocenters. The maximum absolute atomic E-state index is 11.7. The Labute approximate surface area is 127 Å². The number of fused-ring (bicyclic) bond motifs is 1. The van der Waals surface area contributed by atoms with Crippen LogP contribution in [0.5, 0.6) is 0 Å². The molecule has 0 bridgehead atoms. The van der Waals surface area contributed by atoms with Gasteiger partial charge >= 0.3 is 7.12 Å². The maximum Gasteiger partial charge on any atom is 0.475 e. The van der Waals surface area contributed by atoms with Crippen LogP contribution in [0, 0.1) is 0 Å². The third-order valence-electron chi connectivity index (χ3n) is 3.14. The second kappa shape index (κ2) is 7.54. The van der Waals surface area contributed by atoms with Crippen LogP contribution in [0.2, 0.25) is 0 Å². The third-order valence-corrected chi connectivity index (χ3v) is 4.02. The van der Waals surface area contributed by atoms with Crippen LogP contribution in [0.4, 0.5) is 0 Å². The standard InChI is InChI=1S/C14H18BNO4S/c1-2-21-9-14(17)16-13(15(18)19)7-10-8-20-12-6-4-3-5-11(10)12/h3-6,8,13,18-19H,2,7,9H2,1H3,(H,16,17). The van der Waals surface area contributed by atoms with E-state index in [1.54, 1.807) is 6.26 Å². The number of nitrogens with one attached hydrogen (secondary N) is 1. The van der Waals surface area contributed by atoms with E-state index in [1.165, 1.54) is 11.8 Å². The average molecular weight is 307 g/mol. The van der Waals surface area contributed by atoms with Crippen LogP contribution < -0.4 is 5.32 Å². The normalized spacial score (nSPS) is 12.3. The highest BCUT2D eigenvalue weighted by molar-refractivity contribution is 7.99. The van der Waals surface area contributed by atoms with Crippen molar-refractivity contribution in [1.82, 2.24) is 5.32 Å². The number of amides is 1. The van der Waals surface area contributed by atoms with Gasteiger partial charge < -0.3 is 19.8 Å². The van der Waals surface area contributed by atoms with Gasteiger partial charge in [-0.1, -0.05) is 25.1 Å². The minimum atomic E-state index is -1.62. The molecule has 0 aliphatic heterocycles. The van der Waals surface area contributed by atoms with Crippen LogP contribution in [0.25, 0.3) is 11.0 Å². The first-order chi connectivity index (χ1) is 10.1. The van der Waals surface area contributed by atoms with Gasteiger partial charge in [0, 0.05) is 5.39 Å². The Morgan fingerprint density at radius 2 is 2.19 bits per heavy atom. The van der Waals surface area contributed by atoms with Crippen molar-refractivity contribution in [2.75, 3.05) is 11.5 Å². The summed E-state index contributed by atoms with van der Waals surface area (Å²) >= 11 is 1.49. The average Bonchev–Trinajstić information content (AvgIpc) is 2.87. The van der Waals surface area contributed by atoms with Crippen molar-refractivity contribution in [3.8, 4) is 0 Å². The monoisotopic (exact) mass is 307 g/mol. The molecule has 0 saturated carbocycles. The Hall–Kier alpha value is -1.44. The number of thioether (sulfide) groups is 1. The Bertz CT molecular complexity index is 601. The van der Waals surface area contributed by atoms with Crippen LogP contribution in [0.3, 0.4) is 0 Å². The summed E-state index contributed by atoms with van der Waals surface area (Å²) in [5.41, 5.74) is 1.58. The van der Waals surface area contributed by atoms with Gasteiger partial charge in [0.2, 0.25) is 5.91 Å². The number of benzene rings is 1. The van der Waals surface area contributed by atoms with E-state index < -0.39 is 13.1 Å². The van der Waals surface area contributed by atoms with Crippen molar-refractivity contribution in [3.05, 3.63) is 36.1 Å². The van der Waals surface area contributed by atoms with Gasteiger partial charge in [-0.2, -0.15) is 11.8 Å². The van der Waals surface area contributed by atoms with E-state index in [1.807, 2.05) is 31.2 Å². The molecule has 21 heavy (non-hydrogen) atoms. The molecule has 2 rings (SSSR count). The van der Waals surface area contributed by atoms with Gasteiger partial charge in [0.1, 0.15) is 5.58 Å². The molecule has 2 aromatic rings. The number of hydrogen-bond acceptors (Lipinski definition) is 5. The number of rotatable bonds is 7. The molecule has 112 valence electrons.